The molecule has 0 spiro atoms. The van der Waals surface area contributed by atoms with E-state index in [-0.39, 0.29) is 11.1 Å². The first-order valence-electron chi connectivity index (χ1n) is 5.77. The smallest absolute Gasteiger partial charge is 0.213 e. The molecule has 17 heavy (non-hydrogen) atoms. The molecule has 0 saturated carbocycles. The quantitative estimate of drug-likeness (QED) is 0.826. The summed E-state index contributed by atoms with van der Waals surface area (Å²) in [7, 11) is 0. The Bertz CT molecular complexity index is 392. The van der Waals surface area contributed by atoms with Gasteiger partial charge in [0, 0.05) is 12.7 Å². The van der Waals surface area contributed by atoms with Gasteiger partial charge in [0.05, 0.1) is 6.10 Å². The van der Waals surface area contributed by atoms with E-state index in [1.165, 1.54) is 6.42 Å². The summed E-state index contributed by atoms with van der Waals surface area (Å²) in [6, 6.07) is 5.40. The Labute approximate surface area is 106 Å². The second-order valence-corrected chi connectivity index (χ2v) is 4.46. The van der Waals surface area contributed by atoms with Gasteiger partial charge in [-0.2, -0.15) is 0 Å². The Kier molecular flexibility index (Phi) is 4.28. The van der Waals surface area contributed by atoms with Gasteiger partial charge in [-0.15, -0.1) is 0 Å². The van der Waals surface area contributed by atoms with Crippen molar-refractivity contribution in [3.8, 4) is 5.88 Å². The van der Waals surface area contributed by atoms with E-state index >= 15 is 0 Å². The van der Waals surface area contributed by atoms with Crippen molar-refractivity contribution in [3.05, 3.63) is 23.9 Å². The van der Waals surface area contributed by atoms with Crippen LogP contribution >= 0.6 is 12.2 Å². The van der Waals surface area contributed by atoms with Crippen LogP contribution in [0.25, 0.3) is 0 Å². The van der Waals surface area contributed by atoms with Crippen LogP contribution in [0.5, 0.6) is 5.88 Å². The Hall–Kier alpha value is -1.20. The highest BCUT2D eigenvalue weighted by Crippen LogP contribution is 2.14. The average molecular weight is 252 g/mol. The lowest BCUT2D eigenvalue weighted by atomic mass is 10.1. The molecule has 1 fully saturated rings. The van der Waals surface area contributed by atoms with Gasteiger partial charge in [0.1, 0.15) is 17.3 Å². The summed E-state index contributed by atoms with van der Waals surface area (Å²) in [6.07, 6.45) is 3.58. The molecule has 0 aromatic carbocycles. The average Bonchev–Trinajstić information content (AvgIpc) is 2.38. The molecular weight excluding hydrogens is 236 g/mol. The van der Waals surface area contributed by atoms with E-state index in [1.54, 1.807) is 12.1 Å². The fraction of sp³-hybridized carbons (Fsp3) is 0.500. The highest BCUT2D eigenvalue weighted by Gasteiger charge is 2.14. The summed E-state index contributed by atoms with van der Waals surface area (Å²) in [4.78, 5) is 4.49. The van der Waals surface area contributed by atoms with E-state index in [1.807, 2.05) is 6.07 Å². The third-order valence-electron chi connectivity index (χ3n) is 2.67. The predicted molar refractivity (Wildman–Crippen MR) is 69.2 cm³/mol. The molecule has 1 aromatic heterocycles. The molecule has 4 nitrogen and oxygen atoms in total. The minimum absolute atomic E-state index is 0.180. The molecule has 1 aliphatic rings. The van der Waals surface area contributed by atoms with Crippen molar-refractivity contribution in [2.45, 2.75) is 25.4 Å². The summed E-state index contributed by atoms with van der Waals surface area (Å²) >= 11 is 4.87. The lowest BCUT2D eigenvalue weighted by Gasteiger charge is -2.22. The van der Waals surface area contributed by atoms with Crippen LogP contribution in [0.2, 0.25) is 0 Å². The molecule has 2 N–H and O–H groups in total. The minimum Gasteiger partial charge on any atom is -0.475 e. The first-order valence-corrected chi connectivity index (χ1v) is 6.18. The van der Waals surface area contributed by atoms with Crippen molar-refractivity contribution in [1.29, 1.82) is 0 Å². The van der Waals surface area contributed by atoms with Gasteiger partial charge in [0.25, 0.3) is 0 Å². The predicted octanol–water partition coefficient (Wildman–Crippen LogP) is 1.66. The standard InChI is InChI=1S/C12H16N2O2S/c13-12(17)10-5-3-6-11(14-10)16-8-9-4-1-2-7-15-9/h3,5-6,9H,1-2,4,7-8H2,(H2,13,17). The molecule has 1 unspecified atom stereocenters. The molecule has 1 aromatic rings. The maximum atomic E-state index is 5.58. The Morgan fingerprint density at radius 1 is 1.53 bits per heavy atom. The largest absolute Gasteiger partial charge is 0.475 e. The van der Waals surface area contributed by atoms with Gasteiger partial charge in [0.15, 0.2) is 0 Å². The Balaban J connectivity index is 1.89. The number of nitrogens with zero attached hydrogens (tertiary/aromatic N) is 1. The van der Waals surface area contributed by atoms with Crippen molar-refractivity contribution in [2.24, 2.45) is 5.73 Å². The van der Waals surface area contributed by atoms with Crippen LogP contribution in [0, 0.1) is 0 Å². The van der Waals surface area contributed by atoms with Crippen LogP contribution < -0.4 is 10.5 Å². The van der Waals surface area contributed by atoms with E-state index < -0.39 is 0 Å². The molecule has 0 radical (unpaired) electrons. The summed E-state index contributed by atoms with van der Waals surface area (Å²) in [6.45, 7) is 1.36. The highest BCUT2D eigenvalue weighted by atomic mass is 32.1. The minimum atomic E-state index is 0.180. The van der Waals surface area contributed by atoms with Crippen LogP contribution in [-0.4, -0.2) is 29.3 Å². The van der Waals surface area contributed by atoms with Crippen LogP contribution in [0.15, 0.2) is 18.2 Å². The molecule has 1 atom stereocenters. The lowest BCUT2D eigenvalue weighted by molar-refractivity contribution is -0.0119. The van der Waals surface area contributed by atoms with E-state index in [9.17, 15) is 0 Å². The third kappa shape index (κ3) is 3.64. The lowest BCUT2D eigenvalue weighted by Crippen LogP contribution is -2.26. The SMILES string of the molecule is NC(=S)c1cccc(OCC2CCCCO2)n1. The summed E-state index contributed by atoms with van der Waals surface area (Å²) in [5, 5.41) is 0. The molecular formula is C12H16N2O2S. The number of hydrogen-bond donors (Lipinski definition) is 1. The van der Waals surface area contributed by atoms with Gasteiger partial charge in [-0.1, -0.05) is 18.3 Å². The maximum absolute atomic E-state index is 5.58. The highest BCUT2D eigenvalue weighted by molar-refractivity contribution is 7.80. The zero-order valence-corrected chi connectivity index (χ0v) is 10.4. The molecule has 92 valence electrons. The van der Waals surface area contributed by atoms with Crippen molar-refractivity contribution < 1.29 is 9.47 Å². The van der Waals surface area contributed by atoms with Crippen LogP contribution in [0.1, 0.15) is 25.0 Å². The first-order chi connectivity index (χ1) is 8.25. The molecule has 1 aliphatic heterocycles. The Morgan fingerprint density at radius 2 is 2.41 bits per heavy atom. The monoisotopic (exact) mass is 252 g/mol. The van der Waals surface area contributed by atoms with Gasteiger partial charge in [0.2, 0.25) is 5.88 Å². The second kappa shape index (κ2) is 5.93. The van der Waals surface area contributed by atoms with Gasteiger partial charge >= 0.3 is 0 Å². The van der Waals surface area contributed by atoms with Crippen LogP contribution in [-0.2, 0) is 4.74 Å². The van der Waals surface area contributed by atoms with Crippen LogP contribution in [0.4, 0.5) is 0 Å². The van der Waals surface area contributed by atoms with E-state index in [2.05, 4.69) is 4.98 Å². The zero-order chi connectivity index (χ0) is 12.1. The van der Waals surface area contributed by atoms with Crippen molar-refractivity contribution in [1.82, 2.24) is 4.98 Å². The molecule has 0 aliphatic carbocycles. The zero-order valence-electron chi connectivity index (χ0n) is 9.59. The van der Waals surface area contributed by atoms with E-state index in [0.717, 1.165) is 19.4 Å². The van der Waals surface area contributed by atoms with Gasteiger partial charge < -0.3 is 15.2 Å². The number of thiocarbonyl (C=S) groups is 1. The van der Waals surface area contributed by atoms with Gasteiger partial charge in [-0.3, -0.25) is 0 Å². The number of nitrogens with two attached hydrogens (primary N) is 1. The van der Waals surface area contributed by atoms with E-state index in [0.29, 0.717) is 18.2 Å². The topological polar surface area (TPSA) is 57.4 Å². The summed E-state index contributed by atoms with van der Waals surface area (Å²) in [5.74, 6) is 0.546. The van der Waals surface area contributed by atoms with Gasteiger partial charge in [-0.05, 0) is 25.3 Å². The number of rotatable bonds is 4. The summed E-state index contributed by atoms with van der Waals surface area (Å²) < 4.78 is 11.2. The summed E-state index contributed by atoms with van der Waals surface area (Å²) in [5.41, 5.74) is 6.10. The van der Waals surface area contributed by atoms with Crippen molar-refractivity contribution >= 4 is 17.2 Å². The second-order valence-electron chi connectivity index (χ2n) is 4.02. The molecule has 0 bridgehead atoms. The van der Waals surface area contributed by atoms with Crippen molar-refractivity contribution in [2.75, 3.05) is 13.2 Å². The molecule has 2 heterocycles. The Morgan fingerprint density at radius 3 is 3.12 bits per heavy atom. The fourth-order valence-electron chi connectivity index (χ4n) is 1.75. The normalized spacial score (nSPS) is 19.9. The number of ether oxygens (including phenoxy) is 2. The molecule has 0 amide bonds. The number of hydrogen-bond acceptors (Lipinski definition) is 4. The molecule has 1 saturated heterocycles. The first kappa shape index (κ1) is 12.3. The van der Waals surface area contributed by atoms with E-state index in [4.69, 9.17) is 27.4 Å². The number of pyridine rings is 1. The third-order valence-corrected chi connectivity index (χ3v) is 2.88. The molecule has 2 rings (SSSR count). The number of aromatic nitrogens is 1. The van der Waals surface area contributed by atoms with Crippen molar-refractivity contribution in [3.63, 3.8) is 0 Å². The molecule has 5 heteroatoms. The fourth-order valence-corrected chi connectivity index (χ4v) is 1.86. The maximum Gasteiger partial charge on any atom is 0.213 e. The van der Waals surface area contributed by atoms with Gasteiger partial charge in [-0.25, -0.2) is 4.98 Å². The van der Waals surface area contributed by atoms with Crippen LogP contribution in [0.3, 0.4) is 0 Å².